The van der Waals surface area contributed by atoms with Crippen LogP contribution in [0.1, 0.15) is 0 Å². The van der Waals surface area contributed by atoms with Crippen LogP contribution in [0, 0.1) is 0 Å². The summed E-state index contributed by atoms with van der Waals surface area (Å²) < 4.78 is 0. The van der Waals surface area contributed by atoms with Crippen LogP contribution in [0.5, 0.6) is 0 Å². The first-order chi connectivity index (χ1) is 0. The predicted octanol–water partition coefficient (Wildman–Crippen LogP) is -5.38. The van der Waals surface area contributed by atoms with Gasteiger partial charge in [-0.15, -0.1) is 0 Å². The fourth-order valence-electron chi connectivity index (χ4n) is 0. The second-order valence-corrected chi connectivity index (χ2v) is 0. The highest BCUT2D eigenvalue weighted by Crippen LogP contribution is 0.00660. The molecule has 10 heteroatoms. The van der Waals surface area contributed by atoms with Gasteiger partial charge < -0.3 is 67.5 Å². The molecule has 80 valence electrons. The Morgan fingerprint density at radius 2 is 0.200 bits per heavy atom. The molecule has 0 nitrogen and oxygen atoms in total. The maximum absolute atomic E-state index is 0. The minimum atomic E-state index is 0. The first-order valence-corrected chi connectivity index (χ1v) is 0. The lowest BCUT2D eigenvalue weighted by molar-refractivity contribution is 7.36. The second-order valence-electron chi connectivity index (χ2n) is 0. The van der Waals surface area contributed by atoms with Crippen molar-refractivity contribution in [1.82, 2.24) is 0 Å². The standard InChI is InChI=1S/5H4S.5S/h5*1H4;;;;;/q5*+2;5*-2. The first kappa shape index (κ1) is 172. The van der Waals surface area contributed by atoms with Crippen LogP contribution >= 0.6 is 0 Å². The van der Waals surface area contributed by atoms with Crippen molar-refractivity contribution < 1.29 is 0 Å². The summed E-state index contributed by atoms with van der Waals surface area (Å²) in [5.74, 6) is 0. The molecule has 0 aliphatic rings. The molecular weight excluding hydrogens is 321 g/mol. The Morgan fingerprint density at radius 3 is 0.200 bits per heavy atom. The lowest BCUT2D eigenvalue weighted by Crippen LogP contribution is -0.00340. The molecule has 0 aromatic rings. The molecule has 0 spiro atoms. The summed E-state index contributed by atoms with van der Waals surface area (Å²) in [5.41, 5.74) is 0. The molecule has 0 aromatic heterocycles. The Kier molecular flexibility index (Phi) is 2320. The fraction of sp³-hybridized carbons (Fsp3) is 0. The molecular formula is H20S10. The van der Waals surface area contributed by atoms with Crippen LogP contribution in [0.15, 0.2) is 0 Å². The quantitative estimate of drug-likeness (QED) is 0.413. The Bertz CT molecular complexity index is 0. The van der Waals surface area contributed by atoms with Crippen LogP contribution in [0.4, 0.5) is 0 Å². The Hall–Kier alpha value is 3.50. The minimum Gasteiger partial charge on any atom is -2.00 e. The maximum atomic E-state index is 0. The van der Waals surface area contributed by atoms with Crippen LogP contribution in [0.25, 0.3) is 0 Å². The molecule has 0 radical (unpaired) electrons. The first-order valence-electron chi connectivity index (χ1n) is 0. The van der Waals surface area contributed by atoms with Crippen molar-refractivity contribution in [2.45, 2.75) is 0 Å². The molecule has 0 bridgehead atoms. The van der Waals surface area contributed by atoms with Crippen LogP contribution in [0.2, 0.25) is 0 Å². The van der Waals surface area contributed by atoms with Crippen LogP contribution in [-0.2, 0) is 135 Å². The minimum absolute atomic E-state index is 0. The van der Waals surface area contributed by atoms with Gasteiger partial charge in [-0.2, -0.15) is 0 Å². The highest BCUT2D eigenvalue weighted by atomic mass is 32.1. The molecule has 0 rings (SSSR count). The van der Waals surface area contributed by atoms with Crippen LogP contribution < -0.4 is 0 Å². The predicted molar refractivity (Wildman–Crippen MR) is 102 cm³/mol. The van der Waals surface area contributed by atoms with Crippen LogP contribution in [-0.4, -0.2) is 0 Å². The number of hydrogen-bond acceptors (Lipinski definition) is 0. The Balaban J connectivity index is 0. The monoisotopic (exact) mass is 340 g/mol. The van der Waals surface area contributed by atoms with Gasteiger partial charge in [-0.25, -0.2) is 67.5 Å². The van der Waals surface area contributed by atoms with Gasteiger partial charge in [0.2, 0.25) is 0 Å². The molecule has 10 heavy (non-hydrogen) atoms. The lowest BCUT2D eigenvalue weighted by Gasteiger charge is -2.00. The SMILES string of the molecule is [S-2].[S-2].[S-2].[S-2].[S-2].[SH4+2].[SH4+2].[SH4+2].[SH4+2].[SH4+2]. The van der Waals surface area contributed by atoms with E-state index in [1.165, 1.54) is 0 Å². The van der Waals surface area contributed by atoms with E-state index in [1.54, 1.807) is 0 Å². The van der Waals surface area contributed by atoms with E-state index in [0.29, 0.717) is 0 Å². The van der Waals surface area contributed by atoms with Gasteiger partial charge >= 0.3 is 0 Å². The van der Waals surface area contributed by atoms with Gasteiger partial charge in [0.25, 0.3) is 0 Å². The zero-order valence-electron chi connectivity index (χ0n) is 5.58. The summed E-state index contributed by atoms with van der Waals surface area (Å²) in [6.07, 6.45) is 0. The molecule has 0 unspecified atom stereocenters. The Morgan fingerprint density at radius 1 is 0.200 bits per heavy atom. The van der Waals surface area contributed by atoms with E-state index < -0.39 is 0 Å². The van der Waals surface area contributed by atoms with E-state index in [9.17, 15) is 0 Å². The van der Waals surface area contributed by atoms with Gasteiger partial charge in [0.1, 0.15) is 0 Å². The van der Waals surface area contributed by atoms with Crippen molar-refractivity contribution in [3.8, 4) is 0 Å². The van der Waals surface area contributed by atoms with Crippen molar-refractivity contribution in [3.05, 3.63) is 0 Å². The normalized spacial score (nSPS) is 0. The molecule has 0 aromatic carbocycles. The second kappa shape index (κ2) is 135. The van der Waals surface area contributed by atoms with Gasteiger partial charge in [0.05, 0.1) is 0 Å². The maximum Gasteiger partial charge on any atom is -0.210 e. The molecule has 0 aliphatic carbocycles. The smallest absolute Gasteiger partial charge is 0.210 e. The topological polar surface area (TPSA) is 0 Å². The molecule has 0 heterocycles. The fourth-order valence-corrected chi connectivity index (χ4v) is 0. The molecule has 0 N–H and O–H groups in total. The van der Waals surface area contributed by atoms with Gasteiger partial charge in [-0.3, -0.25) is 0 Å². The van der Waals surface area contributed by atoms with Crippen molar-refractivity contribution >= 4 is 135 Å². The van der Waals surface area contributed by atoms with E-state index in [1.807, 2.05) is 0 Å². The van der Waals surface area contributed by atoms with E-state index in [4.69, 9.17) is 0 Å². The average Bonchev–Trinajstić information content (AvgIpc) is 0. The third-order valence-electron chi connectivity index (χ3n) is 0. The summed E-state index contributed by atoms with van der Waals surface area (Å²) in [7, 11) is 0. The highest BCUT2D eigenvalue weighted by molar-refractivity contribution is 7.37. The van der Waals surface area contributed by atoms with Gasteiger partial charge in [-0.05, 0) is 0 Å². The van der Waals surface area contributed by atoms with E-state index in [0.717, 1.165) is 0 Å². The van der Waals surface area contributed by atoms with E-state index in [-0.39, 0.29) is 135 Å². The average molecular weight is 341 g/mol. The summed E-state index contributed by atoms with van der Waals surface area (Å²) in [6, 6.07) is 0. The van der Waals surface area contributed by atoms with Crippen molar-refractivity contribution in [2.24, 2.45) is 0 Å². The van der Waals surface area contributed by atoms with E-state index in [2.05, 4.69) is 0 Å². The molecule has 0 fully saturated rings. The third-order valence-corrected chi connectivity index (χ3v) is 0. The molecule has 0 amide bonds. The lowest BCUT2D eigenvalue weighted by atomic mass is 32.1. The number of hydrogen-bond donors (Lipinski definition) is 0. The summed E-state index contributed by atoms with van der Waals surface area (Å²) >= 11 is 0. The van der Waals surface area contributed by atoms with Crippen LogP contribution in [0.3, 0.4) is 0 Å². The molecule has 0 saturated carbocycles. The molecule has 0 aliphatic heterocycles. The summed E-state index contributed by atoms with van der Waals surface area (Å²) in [5, 5.41) is 0. The molecule has 0 saturated heterocycles. The van der Waals surface area contributed by atoms with E-state index >= 15 is 0 Å². The Labute approximate surface area is 133 Å². The zero-order valence-corrected chi connectivity index (χ0v) is 16.7. The third kappa shape index (κ3) is 103. The zero-order chi connectivity index (χ0) is 0. The summed E-state index contributed by atoms with van der Waals surface area (Å²) in [4.78, 5) is 0. The van der Waals surface area contributed by atoms with Crippen molar-refractivity contribution in [1.29, 1.82) is 0 Å². The summed E-state index contributed by atoms with van der Waals surface area (Å²) in [6.45, 7) is 0. The largest absolute Gasteiger partial charge is 2.00 e. The van der Waals surface area contributed by atoms with Crippen molar-refractivity contribution in [2.75, 3.05) is 0 Å². The highest BCUT2D eigenvalue weighted by Gasteiger charge is -0.206. The van der Waals surface area contributed by atoms with Crippen molar-refractivity contribution in [3.63, 3.8) is 0 Å². The van der Waals surface area contributed by atoms with Gasteiger partial charge in [0.15, 0.2) is 0 Å². The number of rotatable bonds is 0. The van der Waals surface area contributed by atoms with Gasteiger partial charge in [-0.1, -0.05) is 0 Å². The van der Waals surface area contributed by atoms with Gasteiger partial charge in [0, 0.05) is 0 Å². The molecule has 0 atom stereocenters.